The third kappa shape index (κ3) is 7.28. The fraction of sp³-hybridized carbons (Fsp3) is 0.395. The predicted octanol–water partition coefficient (Wildman–Crippen LogP) is 12.6. The zero-order valence-corrected chi connectivity index (χ0v) is 33.0. The summed E-state index contributed by atoms with van der Waals surface area (Å²) in [5.41, 5.74) is 6.05. The molecule has 0 aliphatic heterocycles. The first-order valence-electron chi connectivity index (χ1n) is 17.3. The third-order valence-electron chi connectivity index (χ3n) is 10.7. The molecule has 6 rings (SSSR count). The first kappa shape index (κ1) is 38.1. The largest absolute Gasteiger partial charge is 0.512 e. The maximum absolute atomic E-state index is 12.2. The van der Waals surface area contributed by atoms with Gasteiger partial charge < -0.3 is 13.9 Å². The fourth-order valence-corrected chi connectivity index (χ4v) is 6.20. The van der Waals surface area contributed by atoms with E-state index in [4.69, 9.17) is 13.8 Å². The van der Waals surface area contributed by atoms with E-state index in [0.29, 0.717) is 0 Å². The van der Waals surface area contributed by atoms with Crippen molar-refractivity contribution in [3.8, 4) is 11.3 Å². The number of pyridine rings is 1. The monoisotopic (exact) mass is 837 g/mol. The van der Waals surface area contributed by atoms with Gasteiger partial charge >= 0.3 is 0 Å². The van der Waals surface area contributed by atoms with E-state index >= 15 is 0 Å². The van der Waals surface area contributed by atoms with E-state index in [9.17, 15) is 9.90 Å². The number of hydrogen-bond donors (Lipinski definition) is 1. The van der Waals surface area contributed by atoms with Crippen LogP contribution in [0.15, 0.2) is 81.7 Å². The van der Waals surface area contributed by atoms with Gasteiger partial charge in [-0.05, 0) is 61.8 Å². The molecule has 0 amide bonds. The molecule has 3 aromatic heterocycles. The average molecular weight is 837 g/mol. The molecule has 261 valence electrons. The SMILES string of the molecule is CCC(C)(CC)C(=O)/C=C(\O)C(C)(CC)CC.Cc1coc2cc3c(cc12)oc1c(-c2[c-]c4ccccc4c(C(C)(C)C)c2)nccc13.[Ir]. The average Bonchev–Trinajstić information content (AvgIpc) is 3.64. The Morgan fingerprint density at radius 1 is 0.837 bits per heavy atom. The number of allylic oxidation sites excluding steroid dienone is 2. The number of furan rings is 2. The second-order valence-corrected chi connectivity index (χ2v) is 14.7. The Morgan fingerprint density at radius 2 is 1.47 bits per heavy atom. The molecule has 6 heteroatoms. The first-order valence-corrected chi connectivity index (χ1v) is 17.3. The van der Waals surface area contributed by atoms with Gasteiger partial charge in [0.25, 0.3) is 0 Å². The van der Waals surface area contributed by atoms with Gasteiger partial charge in [-0.25, -0.2) is 0 Å². The molecule has 3 aromatic carbocycles. The number of aryl methyl sites for hydroxylation is 1. The first-order chi connectivity index (χ1) is 22.7. The van der Waals surface area contributed by atoms with Crippen molar-refractivity contribution in [3.05, 3.63) is 90.0 Å². The van der Waals surface area contributed by atoms with Crippen LogP contribution in [-0.2, 0) is 30.3 Å². The normalized spacial score (nSPS) is 12.7. The standard InChI is InChI=1S/C28H22NO2.C15H28O2.Ir/c1-16-15-30-24-14-22-20-9-10-29-26(27(20)31-25(22)13-21(16)24)18-11-17-7-5-6-8-19(17)23(12-18)28(2,3)4;1-7-14(5,8-2)12(16)11-13(17)15(6,9-3)10-4;/h5-10,12-15H,1-4H3;11,16H,7-10H2,1-6H3;/q-1;;/b;12-11-;. The number of carbonyl (C=O) groups is 1. The Kier molecular flexibility index (Phi) is 11.4. The minimum absolute atomic E-state index is 0. The zero-order chi connectivity index (χ0) is 35.0. The molecule has 49 heavy (non-hydrogen) atoms. The van der Waals surface area contributed by atoms with Crippen LogP contribution in [0.1, 0.15) is 99.1 Å². The van der Waals surface area contributed by atoms with Gasteiger partial charge in [0.05, 0.1) is 6.26 Å². The fourth-order valence-electron chi connectivity index (χ4n) is 6.20. The van der Waals surface area contributed by atoms with Crippen molar-refractivity contribution in [2.24, 2.45) is 10.8 Å². The Balaban J connectivity index is 0.000000260. The molecule has 0 fully saturated rings. The molecule has 0 bridgehead atoms. The Hall–Kier alpha value is -3.73. The van der Waals surface area contributed by atoms with Crippen LogP contribution >= 0.6 is 0 Å². The van der Waals surface area contributed by atoms with Crippen LogP contribution in [0.4, 0.5) is 0 Å². The summed E-state index contributed by atoms with van der Waals surface area (Å²) >= 11 is 0. The summed E-state index contributed by atoms with van der Waals surface area (Å²) in [6.07, 6.45) is 8.39. The number of aliphatic hydroxyl groups is 1. The Bertz CT molecular complexity index is 2130. The second kappa shape index (κ2) is 14.6. The number of hydrogen-bond acceptors (Lipinski definition) is 5. The Morgan fingerprint density at radius 3 is 2.10 bits per heavy atom. The van der Waals surface area contributed by atoms with Crippen molar-refractivity contribution >= 4 is 49.5 Å². The maximum Gasteiger partial charge on any atom is 0.164 e. The van der Waals surface area contributed by atoms with Gasteiger partial charge in [0.15, 0.2) is 5.78 Å². The van der Waals surface area contributed by atoms with Crippen LogP contribution in [0.5, 0.6) is 0 Å². The topological polar surface area (TPSA) is 76.5 Å². The minimum atomic E-state index is -0.337. The molecular weight excluding hydrogens is 787 g/mol. The molecule has 3 heterocycles. The van der Waals surface area contributed by atoms with Crippen molar-refractivity contribution in [1.29, 1.82) is 0 Å². The van der Waals surface area contributed by atoms with Gasteiger partial charge in [0.2, 0.25) is 0 Å². The van der Waals surface area contributed by atoms with Crippen LogP contribution in [0, 0.1) is 23.8 Å². The predicted molar refractivity (Wildman–Crippen MR) is 200 cm³/mol. The van der Waals surface area contributed by atoms with Crippen molar-refractivity contribution < 1.29 is 38.8 Å². The molecule has 0 saturated carbocycles. The number of rotatable bonds is 8. The van der Waals surface area contributed by atoms with E-state index in [1.165, 1.54) is 17.0 Å². The number of aliphatic hydroxyl groups excluding tert-OH is 1. The van der Waals surface area contributed by atoms with Crippen molar-refractivity contribution in [1.82, 2.24) is 4.98 Å². The molecule has 1 N–H and O–H groups in total. The summed E-state index contributed by atoms with van der Waals surface area (Å²) in [6.45, 7) is 20.9. The summed E-state index contributed by atoms with van der Waals surface area (Å²) in [4.78, 5) is 16.9. The zero-order valence-electron chi connectivity index (χ0n) is 30.6. The van der Waals surface area contributed by atoms with Gasteiger partial charge in [-0.15, -0.1) is 29.1 Å². The van der Waals surface area contributed by atoms with Crippen molar-refractivity contribution in [3.63, 3.8) is 0 Å². The molecule has 0 atom stereocenters. The smallest absolute Gasteiger partial charge is 0.164 e. The summed E-state index contributed by atoms with van der Waals surface area (Å²) < 4.78 is 12.1. The number of carbonyl (C=O) groups excluding carboxylic acids is 1. The molecule has 0 saturated heterocycles. The molecular formula is C43H50IrNO4-. The van der Waals surface area contributed by atoms with Gasteiger partial charge in [-0.1, -0.05) is 91.5 Å². The molecule has 6 aromatic rings. The van der Waals surface area contributed by atoms with Crippen LogP contribution in [-0.4, -0.2) is 15.9 Å². The van der Waals surface area contributed by atoms with E-state index in [0.717, 1.165) is 80.8 Å². The quantitative estimate of drug-likeness (QED) is 0.0939. The van der Waals surface area contributed by atoms with E-state index in [2.05, 4.69) is 69.3 Å². The van der Waals surface area contributed by atoms with E-state index in [-0.39, 0.29) is 47.9 Å². The van der Waals surface area contributed by atoms with Gasteiger partial charge in [0.1, 0.15) is 22.5 Å². The second-order valence-electron chi connectivity index (χ2n) is 14.7. The number of nitrogens with zero attached hydrogens (tertiary/aromatic N) is 1. The summed E-state index contributed by atoms with van der Waals surface area (Å²) in [7, 11) is 0. The number of fused-ring (bicyclic) bond motifs is 5. The van der Waals surface area contributed by atoms with Crippen molar-refractivity contribution in [2.75, 3.05) is 0 Å². The van der Waals surface area contributed by atoms with E-state index < -0.39 is 0 Å². The van der Waals surface area contributed by atoms with Crippen molar-refractivity contribution in [2.45, 2.75) is 100 Å². The van der Waals surface area contributed by atoms with Gasteiger partial charge in [0, 0.05) is 65.1 Å². The minimum Gasteiger partial charge on any atom is -0.512 e. The van der Waals surface area contributed by atoms with Crippen LogP contribution in [0.2, 0.25) is 0 Å². The van der Waals surface area contributed by atoms with Gasteiger partial charge in [-0.3, -0.25) is 9.78 Å². The summed E-state index contributed by atoms with van der Waals surface area (Å²) in [6, 6.07) is 20.4. The van der Waals surface area contributed by atoms with Crippen LogP contribution in [0.25, 0.3) is 54.9 Å². The molecule has 0 spiro atoms. The maximum atomic E-state index is 12.2. The summed E-state index contributed by atoms with van der Waals surface area (Å²) in [5.74, 6) is 0.286. The Labute approximate surface area is 304 Å². The molecule has 1 radical (unpaired) electrons. The van der Waals surface area contributed by atoms with Crippen LogP contribution < -0.4 is 0 Å². The number of benzene rings is 3. The molecule has 0 aliphatic rings. The van der Waals surface area contributed by atoms with Crippen LogP contribution in [0.3, 0.4) is 0 Å². The molecule has 0 aliphatic carbocycles. The molecule has 0 unspecified atom stereocenters. The van der Waals surface area contributed by atoms with E-state index in [1.807, 2.05) is 60.7 Å². The van der Waals surface area contributed by atoms with Gasteiger partial charge in [-0.2, -0.15) is 0 Å². The number of aromatic nitrogens is 1. The molecule has 5 nitrogen and oxygen atoms in total. The summed E-state index contributed by atoms with van der Waals surface area (Å²) in [5, 5.41) is 15.6. The van der Waals surface area contributed by atoms with E-state index in [1.54, 1.807) is 6.26 Å². The third-order valence-corrected chi connectivity index (χ3v) is 10.7. The number of ketones is 1.